The van der Waals surface area contributed by atoms with Crippen LogP contribution in [0.25, 0.3) is 33.5 Å². The normalized spacial score (nSPS) is 16.2. The molecule has 8 heteroatoms. The van der Waals surface area contributed by atoms with Crippen molar-refractivity contribution in [3.63, 3.8) is 0 Å². The van der Waals surface area contributed by atoms with Crippen molar-refractivity contribution in [3.05, 3.63) is 60.7 Å². The van der Waals surface area contributed by atoms with Crippen molar-refractivity contribution in [1.82, 2.24) is 24.6 Å². The number of thioether (sulfide) groups is 1. The second-order valence-electron chi connectivity index (χ2n) is 8.30. The van der Waals surface area contributed by atoms with Crippen molar-refractivity contribution in [2.75, 3.05) is 25.4 Å². The average Bonchev–Trinajstić information content (AvgIpc) is 3.29. The number of fused-ring (bicyclic) bond motifs is 1. The summed E-state index contributed by atoms with van der Waals surface area (Å²) in [7, 11) is 0. The Morgan fingerprint density at radius 1 is 1.12 bits per heavy atom. The molecule has 1 aliphatic heterocycles. The van der Waals surface area contributed by atoms with E-state index in [9.17, 15) is 4.79 Å². The molecule has 0 radical (unpaired) electrons. The van der Waals surface area contributed by atoms with Crippen LogP contribution in [0.3, 0.4) is 0 Å². The van der Waals surface area contributed by atoms with E-state index in [1.165, 1.54) is 11.8 Å². The van der Waals surface area contributed by atoms with E-state index >= 15 is 0 Å². The molecule has 1 saturated heterocycles. The van der Waals surface area contributed by atoms with Gasteiger partial charge >= 0.3 is 0 Å². The third-order valence-corrected chi connectivity index (χ3v) is 6.93. The molecule has 0 N–H and O–H groups in total. The van der Waals surface area contributed by atoms with Gasteiger partial charge < -0.3 is 14.2 Å². The minimum Gasteiger partial charge on any atom is -0.375 e. The molecule has 3 heterocycles. The zero-order chi connectivity index (χ0) is 23.5. The SMILES string of the molecule is CCn1c(SCC(=O)N2CCOC(C)C2)nnc1-c1cc(-c2ccccc2)nc2ccccc12. The Balaban J connectivity index is 1.47. The van der Waals surface area contributed by atoms with Crippen LogP contribution in [0, 0.1) is 0 Å². The largest absolute Gasteiger partial charge is 0.375 e. The van der Waals surface area contributed by atoms with Gasteiger partial charge in [0, 0.05) is 36.1 Å². The number of hydrogen-bond donors (Lipinski definition) is 0. The summed E-state index contributed by atoms with van der Waals surface area (Å²) in [5.74, 6) is 1.22. The monoisotopic (exact) mass is 473 g/mol. The van der Waals surface area contributed by atoms with E-state index < -0.39 is 0 Å². The minimum atomic E-state index is 0.0763. The molecule has 5 rings (SSSR count). The van der Waals surface area contributed by atoms with Crippen molar-refractivity contribution in [1.29, 1.82) is 0 Å². The van der Waals surface area contributed by atoms with Gasteiger partial charge in [0.1, 0.15) is 0 Å². The lowest BCUT2D eigenvalue weighted by atomic mass is 10.0. The molecule has 1 unspecified atom stereocenters. The van der Waals surface area contributed by atoms with Crippen molar-refractivity contribution >= 4 is 28.6 Å². The molecule has 4 aromatic rings. The number of morpholine rings is 1. The molecule has 7 nitrogen and oxygen atoms in total. The number of pyridine rings is 1. The Labute approximate surface area is 203 Å². The van der Waals surface area contributed by atoms with Gasteiger partial charge in [-0.05, 0) is 26.0 Å². The van der Waals surface area contributed by atoms with Crippen LogP contribution in [-0.2, 0) is 16.1 Å². The van der Waals surface area contributed by atoms with Crippen molar-refractivity contribution in [2.45, 2.75) is 31.7 Å². The van der Waals surface area contributed by atoms with Crippen LogP contribution in [0.2, 0.25) is 0 Å². The van der Waals surface area contributed by atoms with Crippen molar-refractivity contribution in [2.24, 2.45) is 0 Å². The third kappa shape index (κ3) is 4.56. The summed E-state index contributed by atoms with van der Waals surface area (Å²) in [5.41, 5.74) is 3.84. The maximum atomic E-state index is 12.8. The molecule has 0 spiro atoms. The fourth-order valence-electron chi connectivity index (χ4n) is 4.26. The molecule has 0 aliphatic carbocycles. The molecule has 174 valence electrons. The van der Waals surface area contributed by atoms with E-state index in [0.29, 0.717) is 32.0 Å². The first-order valence-electron chi connectivity index (χ1n) is 11.5. The lowest BCUT2D eigenvalue weighted by Gasteiger charge is -2.31. The van der Waals surface area contributed by atoms with E-state index in [1.54, 1.807) is 0 Å². The lowest BCUT2D eigenvalue weighted by molar-refractivity contribution is -0.135. The quantitative estimate of drug-likeness (QED) is 0.384. The van der Waals surface area contributed by atoms with Gasteiger partial charge in [0.05, 0.1) is 29.7 Å². The number of nitrogens with zero attached hydrogens (tertiary/aromatic N) is 5. The predicted molar refractivity (Wildman–Crippen MR) is 135 cm³/mol. The highest BCUT2D eigenvalue weighted by Gasteiger charge is 2.23. The average molecular weight is 474 g/mol. The summed E-state index contributed by atoms with van der Waals surface area (Å²) >= 11 is 1.44. The maximum absolute atomic E-state index is 12.8. The molecule has 0 bridgehead atoms. The Kier molecular flexibility index (Phi) is 6.60. The highest BCUT2D eigenvalue weighted by Crippen LogP contribution is 2.33. The van der Waals surface area contributed by atoms with Crippen molar-refractivity contribution < 1.29 is 9.53 Å². The topological polar surface area (TPSA) is 73.1 Å². The number of amides is 1. The van der Waals surface area contributed by atoms with Crippen LogP contribution in [0.5, 0.6) is 0 Å². The van der Waals surface area contributed by atoms with E-state index in [-0.39, 0.29) is 12.0 Å². The molecule has 0 saturated carbocycles. The smallest absolute Gasteiger partial charge is 0.233 e. The third-order valence-electron chi connectivity index (χ3n) is 5.98. The van der Waals surface area contributed by atoms with Gasteiger partial charge in [-0.3, -0.25) is 4.79 Å². The predicted octanol–water partition coefficient (Wildman–Crippen LogP) is 4.52. The highest BCUT2D eigenvalue weighted by atomic mass is 32.2. The maximum Gasteiger partial charge on any atom is 0.233 e. The Bertz CT molecular complexity index is 1310. The molecule has 2 aromatic carbocycles. The van der Waals surface area contributed by atoms with Gasteiger partial charge in [-0.15, -0.1) is 10.2 Å². The molecule has 1 amide bonds. The molecule has 1 atom stereocenters. The first-order valence-corrected chi connectivity index (χ1v) is 12.5. The standard InChI is InChI=1S/C26H27N5O2S/c1-3-31-25(28-29-26(31)34-17-24(32)30-13-14-33-18(2)16-30)21-15-23(19-9-5-4-6-10-19)27-22-12-8-7-11-20(21)22/h4-12,15,18H,3,13-14,16-17H2,1-2H3. The van der Waals surface area contributed by atoms with Crippen LogP contribution < -0.4 is 0 Å². The number of hydrogen-bond acceptors (Lipinski definition) is 6. The Morgan fingerprint density at radius 2 is 1.91 bits per heavy atom. The van der Waals surface area contributed by atoms with Gasteiger partial charge in [0.2, 0.25) is 5.91 Å². The molecular weight excluding hydrogens is 446 g/mol. The number of para-hydroxylation sites is 1. The van der Waals surface area contributed by atoms with E-state index in [2.05, 4.69) is 46.0 Å². The molecule has 1 aliphatic rings. The fourth-order valence-corrected chi connectivity index (χ4v) is 5.16. The second-order valence-corrected chi connectivity index (χ2v) is 9.24. The Hall–Kier alpha value is -3.23. The molecule has 34 heavy (non-hydrogen) atoms. The number of benzene rings is 2. The number of carbonyl (C=O) groups excluding carboxylic acids is 1. The Morgan fingerprint density at radius 3 is 2.71 bits per heavy atom. The number of ether oxygens (including phenoxy) is 1. The van der Waals surface area contributed by atoms with Crippen LogP contribution in [0.15, 0.2) is 65.8 Å². The van der Waals surface area contributed by atoms with Crippen LogP contribution >= 0.6 is 11.8 Å². The van der Waals surface area contributed by atoms with E-state index in [4.69, 9.17) is 9.72 Å². The first kappa shape index (κ1) is 22.6. The highest BCUT2D eigenvalue weighted by molar-refractivity contribution is 7.99. The molecule has 2 aromatic heterocycles. The van der Waals surface area contributed by atoms with Gasteiger partial charge in [0.25, 0.3) is 0 Å². The van der Waals surface area contributed by atoms with E-state index in [1.807, 2.05) is 48.2 Å². The van der Waals surface area contributed by atoms with Crippen LogP contribution in [0.4, 0.5) is 0 Å². The van der Waals surface area contributed by atoms with Crippen molar-refractivity contribution in [3.8, 4) is 22.6 Å². The van der Waals surface area contributed by atoms with E-state index in [0.717, 1.165) is 38.7 Å². The number of carbonyl (C=O) groups is 1. The summed E-state index contributed by atoms with van der Waals surface area (Å²) in [6, 6.07) is 20.3. The van der Waals surface area contributed by atoms with Gasteiger partial charge in [-0.25, -0.2) is 4.98 Å². The van der Waals surface area contributed by atoms with Gasteiger partial charge in [0.15, 0.2) is 11.0 Å². The zero-order valence-electron chi connectivity index (χ0n) is 19.3. The summed E-state index contributed by atoms with van der Waals surface area (Å²) in [6.07, 6.45) is 0.0763. The summed E-state index contributed by atoms with van der Waals surface area (Å²) in [4.78, 5) is 19.5. The van der Waals surface area contributed by atoms with Gasteiger partial charge in [-0.2, -0.15) is 0 Å². The molecule has 1 fully saturated rings. The zero-order valence-corrected chi connectivity index (χ0v) is 20.2. The van der Waals surface area contributed by atoms with Gasteiger partial charge in [-0.1, -0.05) is 60.3 Å². The summed E-state index contributed by atoms with van der Waals surface area (Å²) < 4.78 is 7.63. The van der Waals surface area contributed by atoms with Crippen LogP contribution in [-0.4, -0.2) is 62.1 Å². The lowest BCUT2D eigenvalue weighted by Crippen LogP contribution is -2.45. The summed E-state index contributed by atoms with van der Waals surface area (Å²) in [6.45, 7) is 6.63. The molecular formula is C26H27N5O2S. The van der Waals surface area contributed by atoms with Crippen LogP contribution in [0.1, 0.15) is 13.8 Å². The number of aromatic nitrogens is 4. The first-order chi connectivity index (χ1) is 16.6. The minimum absolute atomic E-state index is 0.0763. The fraction of sp³-hybridized carbons (Fsp3) is 0.308. The number of rotatable bonds is 6. The summed E-state index contributed by atoms with van der Waals surface area (Å²) in [5, 5.41) is 10.8. The second kappa shape index (κ2) is 9.95.